The van der Waals surface area contributed by atoms with Gasteiger partial charge in [-0.15, -0.1) is 0 Å². The lowest BCUT2D eigenvalue weighted by atomic mass is 9.64. The van der Waals surface area contributed by atoms with Crippen LogP contribution in [0.2, 0.25) is 0 Å². The first kappa shape index (κ1) is 10.0. The predicted molar refractivity (Wildman–Crippen MR) is 63.4 cm³/mol. The Bertz CT molecular complexity index is 351. The molecular formula is C12H18N4. The van der Waals surface area contributed by atoms with E-state index >= 15 is 0 Å². The van der Waals surface area contributed by atoms with E-state index in [-0.39, 0.29) is 0 Å². The van der Waals surface area contributed by atoms with E-state index in [1.165, 1.54) is 32.4 Å². The van der Waals surface area contributed by atoms with Crippen molar-refractivity contribution < 1.29 is 0 Å². The van der Waals surface area contributed by atoms with Gasteiger partial charge in [-0.1, -0.05) is 0 Å². The Hall–Kier alpha value is -1.16. The first-order valence-electron chi connectivity index (χ1n) is 5.99. The second kappa shape index (κ2) is 3.70. The van der Waals surface area contributed by atoms with Crippen LogP contribution in [0, 0.1) is 5.41 Å². The Morgan fingerprint density at radius 2 is 2.38 bits per heavy atom. The van der Waals surface area contributed by atoms with Crippen LogP contribution in [0.4, 0.5) is 5.82 Å². The van der Waals surface area contributed by atoms with Crippen molar-refractivity contribution in [3.05, 3.63) is 18.6 Å². The molecule has 2 aliphatic rings. The monoisotopic (exact) mass is 218 g/mol. The molecule has 1 N–H and O–H groups in total. The first-order chi connectivity index (χ1) is 7.79. The van der Waals surface area contributed by atoms with Gasteiger partial charge in [0.05, 0.1) is 0 Å². The van der Waals surface area contributed by atoms with E-state index in [1.54, 1.807) is 6.33 Å². The van der Waals surface area contributed by atoms with Gasteiger partial charge in [0, 0.05) is 25.8 Å². The molecule has 2 heterocycles. The molecule has 2 fully saturated rings. The predicted octanol–water partition coefficient (Wildman–Crippen LogP) is 1.05. The molecule has 1 saturated heterocycles. The summed E-state index contributed by atoms with van der Waals surface area (Å²) in [6, 6.07) is 2.65. The molecule has 0 bridgehead atoms. The van der Waals surface area contributed by atoms with Crippen LogP contribution in [0.25, 0.3) is 0 Å². The van der Waals surface area contributed by atoms with Crippen LogP contribution in [0.15, 0.2) is 18.6 Å². The largest absolute Gasteiger partial charge is 0.357 e. The van der Waals surface area contributed by atoms with E-state index < -0.39 is 0 Å². The van der Waals surface area contributed by atoms with Crippen LogP contribution in [0.3, 0.4) is 0 Å². The average Bonchev–Trinajstić information content (AvgIpc) is 2.76. The molecule has 3 rings (SSSR count). The Kier molecular flexibility index (Phi) is 2.32. The zero-order valence-electron chi connectivity index (χ0n) is 9.69. The van der Waals surface area contributed by atoms with Gasteiger partial charge in [-0.25, -0.2) is 9.97 Å². The molecule has 1 spiro atoms. The highest BCUT2D eigenvalue weighted by Crippen LogP contribution is 2.48. The SMILES string of the molecule is CN(c1ccncn1)C1CC2(CCNC2)C1. The minimum absolute atomic E-state index is 0.603. The fraction of sp³-hybridized carbons (Fsp3) is 0.667. The third-order valence-corrected chi connectivity index (χ3v) is 4.14. The van der Waals surface area contributed by atoms with Crippen LogP contribution < -0.4 is 10.2 Å². The topological polar surface area (TPSA) is 41.1 Å². The Balaban J connectivity index is 1.64. The molecular weight excluding hydrogens is 200 g/mol. The van der Waals surface area contributed by atoms with Gasteiger partial charge in [-0.2, -0.15) is 0 Å². The molecule has 1 aromatic heterocycles. The number of hydrogen-bond donors (Lipinski definition) is 1. The molecule has 16 heavy (non-hydrogen) atoms. The highest BCUT2D eigenvalue weighted by molar-refractivity contribution is 5.38. The highest BCUT2D eigenvalue weighted by atomic mass is 15.2. The minimum Gasteiger partial charge on any atom is -0.357 e. The minimum atomic E-state index is 0.603. The van der Waals surface area contributed by atoms with Crippen molar-refractivity contribution in [1.82, 2.24) is 15.3 Å². The van der Waals surface area contributed by atoms with E-state index in [9.17, 15) is 0 Å². The van der Waals surface area contributed by atoms with Crippen molar-refractivity contribution in [3.63, 3.8) is 0 Å². The summed E-state index contributed by atoms with van der Waals surface area (Å²) < 4.78 is 0. The number of aromatic nitrogens is 2. The number of rotatable bonds is 2. The molecule has 1 aliphatic carbocycles. The van der Waals surface area contributed by atoms with Crippen LogP contribution in [0.5, 0.6) is 0 Å². The molecule has 86 valence electrons. The third-order valence-electron chi connectivity index (χ3n) is 4.14. The maximum atomic E-state index is 4.30. The van der Waals surface area contributed by atoms with Crippen molar-refractivity contribution in [2.45, 2.75) is 25.3 Å². The van der Waals surface area contributed by atoms with Gasteiger partial charge >= 0.3 is 0 Å². The summed E-state index contributed by atoms with van der Waals surface area (Å²) in [4.78, 5) is 10.5. The van der Waals surface area contributed by atoms with E-state index in [2.05, 4.69) is 27.2 Å². The molecule has 0 unspecified atom stereocenters. The number of anilines is 1. The van der Waals surface area contributed by atoms with Crippen molar-refractivity contribution in [2.75, 3.05) is 25.0 Å². The highest BCUT2D eigenvalue weighted by Gasteiger charge is 2.47. The van der Waals surface area contributed by atoms with Crippen LogP contribution in [0.1, 0.15) is 19.3 Å². The molecule has 0 atom stereocenters. The second-order valence-corrected chi connectivity index (χ2v) is 5.17. The molecule has 4 heteroatoms. The van der Waals surface area contributed by atoms with Gasteiger partial charge in [0.25, 0.3) is 0 Å². The lowest BCUT2D eigenvalue weighted by Gasteiger charge is -2.49. The van der Waals surface area contributed by atoms with Crippen LogP contribution in [-0.2, 0) is 0 Å². The second-order valence-electron chi connectivity index (χ2n) is 5.17. The Labute approximate surface area is 96.1 Å². The van der Waals surface area contributed by atoms with E-state index in [4.69, 9.17) is 0 Å². The fourth-order valence-corrected chi connectivity index (χ4v) is 3.04. The molecule has 1 saturated carbocycles. The van der Waals surface area contributed by atoms with Crippen LogP contribution in [-0.4, -0.2) is 36.1 Å². The van der Waals surface area contributed by atoms with Gasteiger partial charge in [-0.3, -0.25) is 0 Å². The van der Waals surface area contributed by atoms with Gasteiger partial charge in [0.1, 0.15) is 12.1 Å². The van der Waals surface area contributed by atoms with Crippen molar-refractivity contribution in [2.24, 2.45) is 5.41 Å². The van der Waals surface area contributed by atoms with Gasteiger partial charge in [0.15, 0.2) is 0 Å². The summed E-state index contributed by atoms with van der Waals surface area (Å²) in [6.45, 7) is 2.41. The third kappa shape index (κ3) is 1.57. The summed E-state index contributed by atoms with van der Waals surface area (Å²) in [6.07, 6.45) is 7.39. The summed E-state index contributed by atoms with van der Waals surface area (Å²) in [5, 5.41) is 3.47. The standard InChI is InChI=1S/C12H18N4/c1-16(11-2-4-14-9-15-11)10-6-12(7-10)3-5-13-8-12/h2,4,9-10,13H,3,5-8H2,1H3. The van der Waals surface area contributed by atoms with Crippen molar-refractivity contribution >= 4 is 5.82 Å². The number of hydrogen-bond acceptors (Lipinski definition) is 4. The quantitative estimate of drug-likeness (QED) is 0.805. The van der Waals surface area contributed by atoms with Gasteiger partial charge < -0.3 is 10.2 Å². The van der Waals surface area contributed by atoms with Crippen molar-refractivity contribution in [3.8, 4) is 0 Å². The van der Waals surface area contributed by atoms with E-state index in [0.717, 1.165) is 5.82 Å². The molecule has 0 amide bonds. The maximum Gasteiger partial charge on any atom is 0.131 e. The summed E-state index contributed by atoms with van der Waals surface area (Å²) in [5.41, 5.74) is 0.603. The van der Waals surface area contributed by atoms with Crippen molar-refractivity contribution in [1.29, 1.82) is 0 Å². The lowest BCUT2D eigenvalue weighted by Crippen LogP contribution is -2.51. The number of nitrogens with zero attached hydrogens (tertiary/aromatic N) is 3. The summed E-state index contributed by atoms with van der Waals surface area (Å²) in [5.74, 6) is 1.04. The molecule has 1 aromatic rings. The Morgan fingerprint density at radius 3 is 3.00 bits per heavy atom. The smallest absolute Gasteiger partial charge is 0.131 e. The average molecular weight is 218 g/mol. The van der Waals surface area contributed by atoms with E-state index in [1.807, 2.05) is 12.3 Å². The maximum absolute atomic E-state index is 4.30. The van der Waals surface area contributed by atoms with E-state index in [0.29, 0.717) is 11.5 Å². The molecule has 4 nitrogen and oxygen atoms in total. The zero-order chi connectivity index (χ0) is 11.0. The zero-order valence-corrected chi connectivity index (χ0v) is 9.69. The fourth-order valence-electron chi connectivity index (χ4n) is 3.04. The normalized spacial score (nSPS) is 32.7. The first-order valence-corrected chi connectivity index (χ1v) is 5.99. The van der Waals surface area contributed by atoms with Gasteiger partial charge in [0.2, 0.25) is 0 Å². The lowest BCUT2D eigenvalue weighted by molar-refractivity contribution is 0.126. The Morgan fingerprint density at radius 1 is 1.50 bits per heavy atom. The molecule has 0 aromatic carbocycles. The number of nitrogens with one attached hydrogen (secondary N) is 1. The summed E-state index contributed by atoms with van der Waals surface area (Å²) in [7, 11) is 2.14. The van der Waals surface area contributed by atoms with Gasteiger partial charge in [-0.05, 0) is 37.3 Å². The van der Waals surface area contributed by atoms with Crippen LogP contribution >= 0.6 is 0 Å². The molecule has 0 radical (unpaired) electrons. The summed E-state index contributed by atoms with van der Waals surface area (Å²) >= 11 is 0. The molecule has 1 aliphatic heterocycles.